The van der Waals surface area contributed by atoms with Gasteiger partial charge >= 0.3 is 12.1 Å². The molecule has 2 fully saturated rings. The minimum absolute atomic E-state index is 0.0654. The number of nitrogens with zero attached hydrogens (tertiary/aromatic N) is 2. The summed E-state index contributed by atoms with van der Waals surface area (Å²) in [5.41, 5.74) is 2.24. The van der Waals surface area contributed by atoms with Crippen molar-refractivity contribution in [3.63, 3.8) is 0 Å². The second kappa shape index (κ2) is 7.54. The van der Waals surface area contributed by atoms with Crippen molar-refractivity contribution in [3.8, 4) is 0 Å². The van der Waals surface area contributed by atoms with Crippen molar-refractivity contribution < 1.29 is 22.7 Å². The molecule has 1 saturated carbocycles. The molecule has 1 saturated heterocycles. The number of fused-ring (bicyclic) bond motifs is 2. The molecule has 2 aliphatic rings. The normalized spacial score (nSPS) is 26.4. The summed E-state index contributed by atoms with van der Waals surface area (Å²) < 4.78 is 44.1. The summed E-state index contributed by atoms with van der Waals surface area (Å²) in [6.07, 6.45) is -1.52. The summed E-state index contributed by atoms with van der Waals surface area (Å²) in [4.78, 5) is 14.6. The first-order valence-corrected chi connectivity index (χ1v) is 9.87. The lowest BCUT2D eigenvalue weighted by Crippen LogP contribution is -2.42. The number of hydrazone groups is 1. The van der Waals surface area contributed by atoms with E-state index in [4.69, 9.17) is 4.74 Å². The number of ether oxygens (including phenoxy) is 1. The zero-order valence-corrected chi connectivity index (χ0v) is 17.3. The highest BCUT2D eigenvalue weighted by Crippen LogP contribution is 2.52. The number of halogens is 3. The second-order valence-electron chi connectivity index (χ2n) is 9.19. The summed E-state index contributed by atoms with van der Waals surface area (Å²) in [6.45, 7) is 9.24. The van der Waals surface area contributed by atoms with E-state index in [-0.39, 0.29) is 35.0 Å². The van der Waals surface area contributed by atoms with Crippen LogP contribution in [0.25, 0.3) is 0 Å². The topological polar surface area (TPSA) is 53.9 Å². The predicted molar refractivity (Wildman–Crippen MR) is 105 cm³/mol. The van der Waals surface area contributed by atoms with Crippen LogP contribution in [0.3, 0.4) is 0 Å². The van der Waals surface area contributed by atoms with Gasteiger partial charge in [-0.05, 0) is 55.2 Å². The van der Waals surface area contributed by atoms with Gasteiger partial charge in [0, 0.05) is 12.6 Å². The number of esters is 1. The molecule has 29 heavy (non-hydrogen) atoms. The average molecular weight is 411 g/mol. The molecule has 2 atom stereocenters. The summed E-state index contributed by atoms with van der Waals surface area (Å²) in [5, 5.41) is 4.21. The fourth-order valence-corrected chi connectivity index (χ4v) is 5.01. The van der Waals surface area contributed by atoms with Crippen molar-refractivity contribution in [2.24, 2.45) is 15.9 Å². The molecule has 0 radical (unpaired) electrons. The van der Waals surface area contributed by atoms with Crippen LogP contribution in [0.15, 0.2) is 29.4 Å². The number of rotatable bonds is 3. The summed E-state index contributed by atoms with van der Waals surface area (Å²) in [7, 11) is 0. The van der Waals surface area contributed by atoms with Gasteiger partial charge in [0.05, 0.1) is 17.9 Å². The highest BCUT2D eigenvalue weighted by atomic mass is 19.4. The van der Waals surface area contributed by atoms with E-state index < -0.39 is 17.7 Å². The van der Waals surface area contributed by atoms with Crippen LogP contribution in [0.4, 0.5) is 18.9 Å². The molecular weight excluding hydrogens is 383 g/mol. The third-order valence-corrected chi connectivity index (χ3v) is 5.63. The molecule has 1 aromatic rings. The third-order valence-electron chi connectivity index (χ3n) is 5.63. The molecule has 0 unspecified atom stereocenters. The molecule has 2 bridgehead atoms. The summed E-state index contributed by atoms with van der Waals surface area (Å²) >= 11 is 0. The van der Waals surface area contributed by atoms with Gasteiger partial charge < -0.3 is 9.64 Å². The van der Waals surface area contributed by atoms with Gasteiger partial charge in [0.15, 0.2) is 0 Å². The zero-order chi connectivity index (χ0) is 21.4. The van der Waals surface area contributed by atoms with Crippen LogP contribution in [0.1, 0.15) is 52.5 Å². The molecule has 0 spiro atoms. The zero-order valence-electron chi connectivity index (χ0n) is 17.3. The number of benzene rings is 1. The lowest BCUT2D eigenvalue weighted by molar-refractivity contribution is -0.138. The molecule has 1 aromatic carbocycles. The molecular formula is C21H28F3N3O2. The Kier molecular flexibility index (Phi) is 5.58. The number of carbonyl (C=O) groups is 1. The first-order valence-electron chi connectivity index (χ1n) is 9.87. The molecule has 1 heterocycles. The molecule has 8 heteroatoms. The van der Waals surface area contributed by atoms with Gasteiger partial charge in [0.1, 0.15) is 0 Å². The molecule has 160 valence electrons. The van der Waals surface area contributed by atoms with Gasteiger partial charge in [0.25, 0.3) is 0 Å². The third kappa shape index (κ3) is 4.85. The number of anilines is 1. The number of hydrogen-bond donors (Lipinski definition) is 1. The quantitative estimate of drug-likeness (QED) is 0.333. The van der Waals surface area contributed by atoms with Crippen LogP contribution in [0.5, 0.6) is 0 Å². The molecule has 0 aromatic heterocycles. The summed E-state index contributed by atoms with van der Waals surface area (Å²) in [5.74, 6) is -0.448. The lowest BCUT2D eigenvalue weighted by atomic mass is 9.65. The van der Waals surface area contributed by atoms with Gasteiger partial charge in [0.2, 0.25) is 5.84 Å². The Morgan fingerprint density at radius 3 is 2.69 bits per heavy atom. The van der Waals surface area contributed by atoms with E-state index in [1.54, 1.807) is 6.92 Å². The minimum Gasteiger partial charge on any atom is -0.460 e. The number of amidine groups is 1. The minimum atomic E-state index is -4.45. The van der Waals surface area contributed by atoms with Crippen LogP contribution >= 0.6 is 0 Å². The standard InChI is InChI=1S/C21H28F3N3O2/c1-5-29-18(28)17(26-25-15-8-6-7-14(9-15)21(22,23)24)27-13-20(4)11-16(27)10-19(2,3)12-20/h6-9,16,25H,5,10-13H2,1-4H3/b26-17+/t16-,20-/m1/s1. The first-order chi connectivity index (χ1) is 13.4. The molecule has 0 amide bonds. The fraction of sp³-hybridized carbons (Fsp3) is 0.619. The molecule has 1 aliphatic heterocycles. The van der Waals surface area contributed by atoms with E-state index in [0.29, 0.717) is 6.54 Å². The van der Waals surface area contributed by atoms with Crippen molar-refractivity contribution in [1.29, 1.82) is 0 Å². The largest absolute Gasteiger partial charge is 0.460 e. The van der Waals surface area contributed by atoms with E-state index in [1.807, 2.05) is 4.90 Å². The van der Waals surface area contributed by atoms with Gasteiger partial charge in [-0.25, -0.2) is 4.79 Å². The number of nitrogens with one attached hydrogen (secondary N) is 1. The SMILES string of the molecule is CCOC(=O)/C(=N\Nc1cccc(C(F)(F)F)c1)N1C[C@]2(C)C[C@H]1CC(C)(C)C2. The molecule has 5 nitrogen and oxygen atoms in total. The van der Waals surface area contributed by atoms with Crippen LogP contribution < -0.4 is 5.43 Å². The van der Waals surface area contributed by atoms with Gasteiger partial charge in [-0.15, -0.1) is 5.10 Å². The van der Waals surface area contributed by atoms with Gasteiger partial charge in [-0.2, -0.15) is 13.2 Å². The fourth-order valence-electron chi connectivity index (χ4n) is 5.01. The summed E-state index contributed by atoms with van der Waals surface area (Å²) in [6, 6.07) is 4.90. The van der Waals surface area contributed by atoms with Gasteiger partial charge in [-0.1, -0.05) is 26.8 Å². The van der Waals surface area contributed by atoms with E-state index in [1.165, 1.54) is 12.1 Å². The Balaban J connectivity index is 1.88. The van der Waals surface area contributed by atoms with Crippen molar-refractivity contribution in [3.05, 3.63) is 29.8 Å². The van der Waals surface area contributed by atoms with Crippen LogP contribution in [0.2, 0.25) is 0 Å². The highest BCUT2D eigenvalue weighted by molar-refractivity contribution is 6.35. The average Bonchev–Trinajstić information content (AvgIpc) is 2.83. The number of alkyl halides is 3. The maximum atomic E-state index is 13.0. The molecule has 1 aliphatic carbocycles. The smallest absolute Gasteiger partial charge is 0.416 e. The second-order valence-corrected chi connectivity index (χ2v) is 9.19. The van der Waals surface area contributed by atoms with E-state index in [2.05, 4.69) is 31.3 Å². The number of likely N-dealkylation sites (tertiary alicyclic amines) is 1. The molecule has 1 N–H and O–H groups in total. The van der Waals surface area contributed by atoms with Crippen molar-refractivity contribution in [2.75, 3.05) is 18.6 Å². The van der Waals surface area contributed by atoms with Crippen LogP contribution in [-0.2, 0) is 15.7 Å². The van der Waals surface area contributed by atoms with E-state index >= 15 is 0 Å². The Bertz CT molecular complexity index is 807. The highest BCUT2D eigenvalue weighted by Gasteiger charge is 2.51. The van der Waals surface area contributed by atoms with E-state index in [0.717, 1.165) is 31.4 Å². The number of hydrogen-bond acceptors (Lipinski definition) is 4. The predicted octanol–water partition coefficient (Wildman–Crippen LogP) is 4.89. The van der Waals surface area contributed by atoms with Gasteiger partial charge in [-0.3, -0.25) is 5.43 Å². The Labute approximate surface area is 169 Å². The molecule has 3 rings (SSSR count). The maximum absolute atomic E-state index is 13.0. The Morgan fingerprint density at radius 2 is 2.03 bits per heavy atom. The monoisotopic (exact) mass is 411 g/mol. The van der Waals surface area contributed by atoms with Crippen molar-refractivity contribution in [1.82, 2.24) is 4.90 Å². The van der Waals surface area contributed by atoms with Crippen molar-refractivity contribution >= 4 is 17.5 Å². The van der Waals surface area contributed by atoms with Crippen molar-refractivity contribution in [2.45, 2.75) is 59.2 Å². The van der Waals surface area contributed by atoms with Crippen LogP contribution in [-0.4, -0.2) is 35.9 Å². The van der Waals surface area contributed by atoms with E-state index in [9.17, 15) is 18.0 Å². The van der Waals surface area contributed by atoms with Crippen LogP contribution in [0, 0.1) is 10.8 Å². The lowest BCUT2D eigenvalue weighted by Gasteiger charge is -2.39. The maximum Gasteiger partial charge on any atom is 0.416 e. The Hall–Kier alpha value is -2.25. The Morgan fingerprint density at radius 1 is 1.31 bits per heavy atom. The first kappa shape index (κ1) is 21.5. The number of carbonyl (C=O) groups excluding carboxylic acids is 1.